The predicted octanol–water partition coefficient (Wildman–Crippen LogP) is 1.35. The number of halogens is 3. The molecular weight excluding hydrogens is 1650 g/mol. The second-order valence-electron chi connectivity index (χ2n) is 17.4. The van der Waals surface area contributed by atoms with Crippen LogP contribution in [0.3, 0.4) is 0 Å². The summed E-state index contributed by atoms with van der Waals surface area (Å²) in [5.74, 6) is -2.61. The van der Waals surface area contributed by atoms with E-state index in [1.165, 1.54) is 4.90 Å². The molecule has 537 valence electrons. The van der Waals surface area contributed by atoms with E-state index in [9.17, 15) is 109 Å². The Kier molecular flexibility index (Phi) is 43.3. The van der Waals surface area contributed by atoms with E-state index in [-0.39, 0.29) is 104 Å². The molecule has 0 aliphatic carbocycles. The van der Waals surface area contributed by atoms with Gasteiger partial charge in [0.15, 0.2) is 0 Å². The Bertz CT molecular complexity index is 3540. The standard InChI is InChI=1S/C15H22N4O12S2.C14H19BrN4O9S.C13H16Br2N4O6.CH4O3S.CH4.Ag/c1-32(26,27)30-7-4-17(5-8-31-33(2,28)29)14-12(15(21)16-3-6-20)9-11(18(22)23)10-13(14)19(24)25;1-29(26,27)28-7-5-17(4-2-15)13-11(14(21)16-3-6-20)8-10(18(22)23)9-12(13)19(24)25;14-1-4-17(5-2-15)12-10(13(21)16-3-6-20)7-9(18(22)23)8-11(12)19(24)25;1-5(2,3)4;;/h9-10,20H,3-8H2,1-2H3,(H,16,21);8-9,20H,2-7H2,1H3,(H,16,21);7-8,20H,1-6H2,(H,16,21);1H3,(H,2,3,4);1H4;. The predicted molar refractivity (Wildman–Crippen MR) is 342 cm³/mol. The molecule has 3 aromatic rings. The number of nitrogens with one attached hydrogen (secondary N) is 3. The third-order valence-electron chi connectivity index (χ3n) is 10.4. The fraction of sp³-hybridized carbons (Fsp3) is 0.523. The van der Waals surface area contributed by atoms with E-state index in [1.54, 1.807) is 4.90 Å². The summed E-state index contributed by atoms with van der Waals surface area (Å²) in [4.78, 5) is 104. The van der Waals surface area contributed by atoms with Crippen molar-refractivity contribution in [2.75, 3.05) is 154 Å². The third kappa shape index (κ3) is 35.4. The van der Waals surface area contributed by atoms with Gasteiger partial charge in [-0.3, -0.25) is 92.2 Å². The van der Waals surface area contributed by atoms with Gasteiger partial charge in [0.25, 0.3) is 92.3 Å². The van der Waals surface area contributed by atoms with Crippen molar-refractivity contribution in [1.29, 1.82) is 0 Å². The molecule has 1 radical (unpaired) electrons. The maximum absolute atomic E-state index is 12.6. The molecule has 3 aromatic carbocycles. The van der Waals surface area contributed by atoms with Gasteiger partial charge in [-0.1, -0.05) is 55.2 Å². The Hall–Kier alpha value is -6.43. The second-order valence-corrected chi connectivity index (χ2v) is 26.2. The molecule has 0 bridgehead atoms. The number of rotatable bonds is 36. The summed E-state index contributed by atoms with van der Waals surface area (Å²) in [6.07, 6.45) is 3.06. The fourth-order valence-corrected chi connectivity index (χ4v) is 9.48. The van der Waals surface area contributed by atoms with E-state index in [2.05, 4.69) is 76.3 Å². The summed E-state index contributed by atoms with van der Waals surface area (Å²) < 4.78 is 107. The Morgan fingerprint density at radius 2 is 0.638 bits per heavy atom. The van der Waals surface area contributed by atoms with E-state index in [1.807, 2.05) is 0 Å². The van der Waals surface area contributed by atoms with Crippen LogP contribution >= 0.6 is 47.8 Å². The minimum absolute atomic E-state index is 0. The van der Waals surface area contributed by atoms with Crippen molar-refractivity contribution in [2.45, 2.75) is 7.43 Å². The van der Waals surface area contributed by atoms with Gasteiger partial charge in [0, 0.05) is 115 Å². The first-order chi connectivity index (χ1) is 42.5. The largest absolute Gasteiger partial charge is 0.395 e. The van der Waals surface area contributed by atoms with Crippen molar-refractivity contribution < 1.29 is 132 Å². The molecule has 0 saturated heterocycles. The van der Waals surface area contributed by atoms with Gasteiger partial charge < -0.3 is 46.0 Å². The SMILES string of the molecule is C.CS(=O)(=O)O.CS(=O)(=O)OCCN(CCBr)c1c(C(=O)NCCO)cc([N+](=O)[O-])cc1[N+](=O)[O-].CS(=O)(=O)OCCN(CCOS(C)(=O)=O)c1c(C(=O)NCCO)cc([N+](=O)[O-])cc1[N+](=O)[O-].O=C(NCCO)c1cc([N+](=O)[O-])cc([N+](=O)[O-])c1N(CCBr)CCBr.[Ag]. The van der Waals surface area contributed by atoms with E-state index >= 15 is 0 Å². The number of non-ortho nitro benzene ring substituents is 3. The number of nitro benzene ring substituents is 6. The molecule has 0 aliphatic rings. The molecule has 0 saturated carbocycles. The number of amides is 3. The molecule has 0 fully saturated rings. The van der Waals surface area contributed by atoms with Gasteiger partial charge in [-0.2, -0.15) is 33.7 Å². The summed E-state index contributed by atoms with van der Waals surface area (Å²) in [7, 11) is -15.3. The summed E-state index contributed by atoms with van der Waals surface area (Å²) in [6.45, 7) is -3.39. The summed E-state index contributed by atoms with van der Waals surface area (Å²) in [5.41, 5.74) is -5.87. The number of nitro groups is 6. The van der Waals surface area contributed by atoms with Crippen molar-refractivity contribution in [2.24, 2.45) is 0 Å². The number of hydrogen-bond acceptors (Lipinski definition) is 32. The van der Waals surface area contributed by atoms with Crippen LogP contribution in [0.5, 0.6) is 0 Å². The quantitative estimate of drug-likeness (QED) is 0.0108. The number of hydrogen-bond donors (Lipinski definition) is 7. The zero-order valence-corrected chi connectivity index (χ0v) is 58.2. The number of nitrogens with zero attached hydrogens (tertiary/aromatic N) is 9. The molecule has 0 atom stereocenters. The second kappa shape index (κ2) is 44.3. The number of anilines is 3. The number of carbonyl (C=O) groups excluding carboxylic acids is 3. The molecule has 0 spiro atoms. The van der Waals surface area contributed by atoms with E-state index < -0.39 is 173 Å². The maximum atomic E-state index is 12.6. The average Bonchev–Trinajstić information content (AvgIpc) is 0.804. The van der Waals surface area contributed by atoms with Gasteiger partial charge >= 0.3 is 0 Å². The van der Waals surface area contributed by atoms with Crippen molar-refractivity contribution >= 4 is 157 Å². The third-order valence-corrected chi connectivity index (χ3v) is 13.2. The number of benzene rings is 3. The molecule has 7 N–H and O–H groups in total. The van der Waals surface area contributed by atoms with Crippen LogP contribution in [-0.2, 0) is 75.4 Å². The Labute approximate surface area is 576 Å². The van der Waals surface area contributed by atoms with Gasteiger partial charge in [-0.15, -0.1) is 0 Å². The van der Waals surface area contributed by atoms with Crippen LogP contribution in [0.4, 0.5) is 51.2 Å². The fourth-order valence-electron chi connectivity index (χ4n) is 7.07. The van der Waals surface area contributed by atoms with Crippen molar-refractivity contribution in [3.8, 4) is 0 Å². The Morgan fingerprint density at radius 3 is 0.809 bits per heavy atom. The van der Waals surface area contributed by atoms with Crippen LogP contribution in [-0.4, -0.2) is 240 Å². The molecule has 94 heavy (non-hydrogen) atoms. The molecule has 0 aromatic heterocycles. The maximum Gasteiger partial charge on any atom is 0.300 e. The summed E-state index contributed by atoms with van der Waals surface area (Å²) >= 11 is 9.67. The molecule has 0 unspecified atom stereocenters. The minimum Gasteiger partial charge on any atom is -0.395 e. The number of aliphatic hydroxyl groups excluding tert-OH is 3. The topological polar surface area (TPSA) is 601 Å². The molecule has 42 nitrogen and oxygen atoms in total. The minimum atomic E-state index is -3.91. The van der Waals surface area contributed by atoms with Crippen LogP contribution in [0.2, 0.25) is 0 Å². The summed E-state index contributed by atoms with van der Waals surface area (Å²) in [5, 5.41) is 103. The Morgan fingerprint density at radius 1 is 0.436 bits per heavy atom. The van der Waals surface area contributed by atoms with Crippen LogP contribution in [0.15, 0.2) is 36.4 Å². The van der Waals surface area contributed by atoms with Gasteiger partial charge in [0.2, 0.25) is 0 Å². The first-order valence-electron chi connectivity index (χ1n) is 25.0. The first-order valence-corrected chi connectivity index (χ1v) is 35.7. The van der Waals surface area contributed by atoms with Gasteiger partial charge in [0.05, 0.1) is 129 Å². The smallest absolute Gasteiger partial charge is 0.300 e. The zero-order valence-electron chi connectivity index (χ0n) is 48.7. The van der Waals surface area contributed by atoms with E-state index in [0.717, 1.165) is 54.0 Å². The molecule has 3 amide bonds. The van der Waals surface area contributed by atoms with Gasteiger partial charge in [-0.25, -0.2) is 0 Å². The van der Waals surface area contributed by atoms with Gasteiger partial charge in [-0.05, 0) is 0 Å². The molecule has 0 heterocycles. The van der Waals surface area contributed by atoms with Crippen molar-refractivity contribution in [3.05, 3.63) is 114 Å². The normalized spacial score (nSPS) is 10.9. The summed E-state index contributed by atoms with van der Waals surface area (Å²) in [6, 6.07) is 4.81. The van der Waals surface area contributed by atoms with E-state index in [0.29, 0.717) is 36.1 Å². The molecule has 3 rings (SSSR count). The number of carbonyl (C=O) groups is 3. The van der Waals surface area contributed by atoms with Crippen molar-refractivity contribution in [1.82, 2.24) is 16.0 Å². The number of alkyl halides is 3. The monoisotopic (exact) mass is 1710 g/mol. The molecular formula is C44H65AgBr3N12O30S4. The average molecular weight is 1720 g/mol. The van der Waals surface area contributed by atoms with Gasteiger partial charge in [0.1, 0.15) is 17.1 Å². The van der Waals surface area contributed by atoms with Crippen LogP contribution in [0.1, 0.15) is 38.5 Å². The Balaban J connectivity index is -0.00000127. The van der Waals surface area contributed by atoms with E-state index in [4.69, 9.17) is 19.9 Å². The zero-order chi connectivity index (χ0) is 71.1. The van der Waals surface area contributed by atoms with Crippen molar-refractivity contribution in [3.63, 3.8) is 0 Å². The van der Waals surface area contributed by atoms with Crippen LogP contribution < -0.4 is 30.7 Å². The van der Waals surface area contributed by atoms with Crippen LogP contribution in [0, 0.1) is 60.7 Å². The molecule has 50 heteroatoms. The molecule has 0 aliphatic heterocycles. The van der Waals surface area contributed by atoms with Crippen LogP contribution in [0.25, 0.3) is 0 Å². The number of aliphatic hydroxyl groups is 3. The first kappa shape index (κ1) is 91.8.